The van der Waals surface area contributed by atoms with Gasteiger partial charge in [-0.25, -0.2) is 0 Å². The molecule has 0 aromatic carbocycles. The smallest absolute Gasteiger partial charge is 0.0782 e. The Morgan fingerprint density at radius 2 is 0.750 bits per heavy atom. The molecule has 0 aliphatic heterocycles. The molecular formula is C19H42N+. The number of nitrogens with zero attached hydrogens (tertiary/aromatic N) is 1. The van der Waals surface area contributed by atoms with Gasteiger partial charge in [-0.1, -0.05) is 71.6 Å². The minimum absolute atomic E-state index is 1.24. The van der Waals surface area contributed by atoms with Crippen molar-refractivity contribution in [2.45, 2.75) is 97.3 Å². The van der Waals surface area contributed by atoms with E-state index in [0.29, 0.717) is 0 Å². The maximum Gasteiger partial charge on any atom is 0.0782 e. The number of quaternary nitrogens is 1. The van der Waals surface area contributed by atoms with Crippen molar-refractivity contribution in [3.8, 4) is 0 Å². The standard InChI is InChI=1S/C19H42N/c1-5-7-9-11-12-13-14-15-17-19-20(3,4)18-16-10-8-6-2/h5-19H2,1-4H3/q+1. The van der Waals surface area contributed by atoms with Crippen molar-refractivity contribution in [1.82, 2.24) is 0 Å². The highest BCUT2D eigenvalue weighted by molar-refractivity contribution is 4.47. The van der Waals surface area contributed by atoms with Gasteiger partial charge in [0.2, 0.25) is 0 Å². The van der Waals surface area contributed by atoms with Gasteiger partial charge in [-0.3, -0.25) is 0 Å². The Labute approximate surface area is 129 Å². The molecule has 1 nitrogen and oxygen atoms in total. The molecular weight excluding hydrogens is 242 g/mol. The third-order valence-electron chi connectivity index (χ3n) is 4.48. The van der Waals surface area contributed by atoms with Gasteiger partial charge in [0, 0.05) is 0 Å². The molecule has 0 aliphatic rings. The topological polar surface area (TPSA) is 0 Å². The van der Waals surface area contributed by atoms with E-state index in [9.17, 15) is 0 Å². The van der Waals surface area contributed by atoms with E-state index in [-0.39, 0.29) is 0 Å². The Morgan fingerprint density at radius 1 is 0.450 bits per heavy atom. The maximum absolute atomic E-state index is 2.41. The predicted molar refractivity (Wildman–Crippen MR) is 93.2 cm³/mol. The molecule has 0 saturated heterocycles. The van der Waals surface area contributed by atoms with Gasteiger partial charge in [0.1, 0.15) is 0 Å². The zero-order chi connectivity index (χ0) is 15.1. The largest absolute Gasteiger partial charge is 0.328 e. The van der Waals surface area contributed by atoms with E-state index in [1.165, 1.54) is 101 Å². The highest BCUT2D eigenvalue weighted by Gasteiger charge is 2.13. The summed E-state index contributed by atoms with van der Waals surface area (Å²) in [5.74, 6) is 0. The zero-order valence-electron chi connectivity index (χ0n) is 15.1. The van der Waals surface area contributed by atoms with Gasteiger partial charge in [-0.15, -0.1) is 0 Å². The van der Waals surface area contributed by atoms with E-state index in [2.05, 4.69) is 27.9 Å². The minimum atomic E-state index is 1.24. The van der Waals surface area contributed by atoms with Gasteiger partial charge in [0.25, 0.3) is 0 Å². The highest BCUT2D eigenvalue weighted by atomic mass is 15.3. The van der Waals surface area contributed by atoms with Crippen LogP contribution in [0, 0.1) is 0 Å². The Kier molecular flexibility index (Phi) is 13.9. The lowest BCUT2D eigenvalue weighted by molar-refractivity contribution is -0.890. The Morgan fingerprint density at radius 3 is 1.15 bits per heavy atom. The molecule has 122 valence electrons. The summed E-state index contributed by atoms with van der Waals surface area (Å²) in [5, 5.41) is 0. The molecule has 0 aromatic rings. The maximum atomic E-state index is 2.41. The van der Waals surface area contributed by atoms with Crippen molar-refractivity contribution in [1.29, 1.82) is 0 Å². The van der Waals surface area contributed by atoms with E-state index in [4.69, 9.17) is 0 Å². The summed E-state index contributed by atoms with van der Waals surface area (Å²) >= 11 is 0. The first-order valence-corrected chi connectivity index (χ1v) is 9.44. The molecule has 0 heterocycles. The van der Waals surface area contributed by atoms with Crippen LogP contribution in [0.5, 0.6) is 0 Å². The van der Waals surface area contributed by atoms with Gasteiger partial charge in [0.15, 0.2) is 0 Å². The summed E-state index contributed by atoms with van der Waals surface area (Å²) < 4.78 is 1.24. The summed E-state index contributed by atoms with van der Waals surface area (Å²) in [5.41, 5.74) is 0. The third kappa shape index (κ3) is 14.4. The van der Waals surface area contributed by atoms with Crippen molar-refractivity contribution < 1.29 is 4.48 Å². The molecule has 20 heavy (non-hydrogen) atoms. The molecule has 0 saturated carbocycles. The number of hydrogen-bond acceptors (Lipinski definition) is 0. The molecule has 0 spiro atoms. The molecule has 0 bridgehead atoms. The Hall–Kier alpha value is -0.0400. The first-order valence-electron chi connectivity index (χ1n) is 9.44. The summed E-state index contributed by atoms with van der Waals surface area (Å²) in [6, 6.07) is 0. The normalized spacial score (nSPS) is 12.0. The number of rotatable bonds is 15. The lowest BCUT2D eigenvalue weighted by Gasteiger charge is -2.30. The average Bonchev–Trinajstić information content (AvgIpc) is 2.42. The predicted octanol–water partition coefficient (Wildman–Crippen LogP) is 6.17. The molecule has 1 heteroatoms. The van der Waals surface area contributed by atoms with Crippen LogP contribution in [0.1, 0.15) is 97.3 Å². The van der Waals surface area contributed by atoms with Crippen LogP contribution in [0.3, 0.4) is 0 Å². The Bertz CT molecular complexity index is 186. The number of unbranched alkanes of at least 4 members (excludes halogenated alkanes) is 11. The molecule has 0 radical (unpaired) electrons. The first kappa shape index (κ1) is 20.0. The zero-order valence-corrected chi connectivity index (χ0v) is 15.1. The van der Waals surface area contributed by atoms with Crippen molar-refractivity contribution in [2.75, 3.05) is 27.2 Å². The van der Waals surface area contributed by atoms with Gasteiger partial charge >= 0.3 is 0 Å². The summed E-state index contributed by atoms with van der Waals surface area (Å²) in [7, 11) is 4.83. The van der Waals surface area contributed by atoms with Crippen molar-refractivity contribution in [3.05, 3.63) is 0 Å². The monoisotopic (exact) mass is 284 g/mol. The second-order valence-corrected chi connectivity index (χ2v) is 7.27. The molecule has 0 N–H and O–H groups in total. The fourth-order valence-electron chi connectivity index (χ4n) is 2.93. The van der Waals surface area contributed by atoms with Crippen LogP contribution in [-0.2, 0) is 0 Å². The molecule has 0 aliphatic carbocycles. The second-order valence-electron chi connectivity index (χ2n) is 7.27. The SMILES string of the molecule is CCCCCCCCCCC[N+](C)(C)CCCCCC. The quantitative estimate of drug-likeness (QED) is 0.249. The van der Waals surface area contributed by atoms with E-state index < -0.39 is 0 Å². The highest BCUT2D eigenvalue weighted by Crippen LogP contribution is 2.12. The van der Waals surface area contributed by atoms with Crippen LogP contribution in [0.4, 0.5) is 0 Å². The summed E-state index contributed by atoms with van der Waals surface area (Å²) in [4.78, 5) is 0. The average molecular weight is 285 g/mol. The van der Waals surface area contributed by atoms with Crippen molar-refractivity contribution in [3.63, 3.8) is 0 Å². The van der Waals surface area contributed by atoms with E-state index in [1.54, 1.807) is 0 Å². The minimum Gasteiger partial charge on any atom is -0.328 e. The Balaban J connectivity index is 3.30. The van der Waals surface area contributed by atoms with E-state index in [0.717, 1.165) is 0 Å². The van der Waals surface area contributed by atoms with Crippen LogP contribution in [-0.4, -0.2) is 31.7 Å². The van der Waals surface area contributed by atoms with Crippen LogP contribution >= 0.6 is 0 Å². The molecule has 0 aromatic heterocycles. The van der Waals surface area contributed by atoms with Crippen LogP contribution in [0.25, 0.3) is 0 Å². The molecule has 0 rings (SSSR count). The van der Waals surface area contributed by atoms with E-state index >= 15 is 0 Å². The lowest BCUT2D eigenvalue weighted by atomic mass is 10.1. The fourth-order valence-corrected chi connectivity index (χ4v) is 2.93. The third-order valence-corrected chi connectivity index (χ3v) is 4.48. The van der Waals surface area contributed by atoms with Crippen molar-refractivity contribution in [2.24, 2.45) is 0 Å². The number of hydrogen-bond donors (Lipinski definition) is 0. The molecule has 0 unspecified atom stereocenters. The summed E-state index contributed by atoms with van der Waals surface area (Å²) in [6.45, 7) is 7.34. The van der Waals surface area contributed by atoms with Gasteiger partial charge in [-0.2, -0.15) is 0 Å². The fraction of sp³-hybridized carbons (Fsp3) is 1.00. The second kappa shape index (κ2) is 13.9. The lowest BCUT2D eigenvalue weighted by Crippen LogP contribution is -2.41. The first-order chi connectivity index (χ1) is 9.62. The van der Waals surface area contributed by atoms with Gasteiger partial charge in [0.05, 0.1) is 27.2 Å². The van der Waals surface area contributed by atoms with E-state index in [1.807, 2.05) is 0 Å². The molecule has 0 fully saturated rings. The summed E-state index contributed by atoms with van der Waals surface area (Å²) in [6.07, 6.45) is 18.6. The van der Waals surface area contributed by atoms with Crippen molar-refractivity contribution >= 4 is 0 Å². The van der Waals surface area contributed by atoms with Crippen LogP contribution in [0.2, 0.25) is 0 Å². The van der Waals surface area contributed by atoms with Gasteiger partial charge in [-0.05, 0) is 25.7 Å². The van der Waals surface area contributed by atoms with Crippen LogP contribution < -0.4 is 0 Å². The van der Waals surface area contributed by atoms with Gasteiger partial charge < -0.3 is 4.48 Å². The van der Waals surface area contributed by atoms with Crippen LogP contribution in [0.15, 0.2) is 0 Å². The molecule has 0 amide bonds. The molecule has 0 atom stereocenters.